The molecule has 0 radical (unpaired) electrons. The first-order valence-corrected chi connectivity index (χ1v) is 6.72. The van der Waals surface area contributed by atoms with E-state index in [4.69, 9.17) is 10.5 Å². The third-order valence-corrected chi connectivity index (χ3v) is 3.07. The van der Waals surface area contributed by atoms with Gasteiger partial charge >= 0.3 is 0 Å². The van der Waals surface area contributed by atoms with Gasteiger partial charge in [-0.15, -0.1) is 0 Å². The minimum absolute atomic E-state index is 0.0132. The Morgan fingerprint density at radius 1 is 1.25 bits per heavy atom. The summed E-state index contributed by atoms with van der Waals surface area (Å²) in [5.74, 6) is 1.36. The van der Waals surface area contributed by atoms with Gasteiger partial charge in [-0.1, -0.05) is 30.3 Å². The molecule has 5 heteroatoms. The Labute approximate surface area is 119 Å². The van der Waals surface area contributed by atoms with Crippen LogP contribution in [0, 0.1) is 6.92 Å². The summed E-state index contributed by atoms with van der Waals surface area (Å²) in [5.41, 5.74) is 7.89. The summed E-state index contributed by atoms with van der Waals surface area (Å²) in [6.45, 7) is 4.93. The smallest absolute Gasteiger partial charge is 0.221 e. The second-order valence-corrected chi connectivity index (χ2v) is 4.43. The van der Waals surface area contributed by atoms with Crippen molar-refractivity contribution in [3.8, 4) is 5.88 Å². The lowest BCUT2D eigenvalue weighted by atomic mass is 10.1. The van der Waals surface area contributed by atoms with E-state index in [1.165, 1.54) is 6.33 Å². The Hall–Kier alpha value is -2.14. The minimum Gasteiger partial charge on any atom is -0.478 e. The number of hydrogen-bond acceptors (Lipinski definition) is 5. The summed E-state index contributed by atoms with van der Waals surface area (Å²) in [6, 6.07) is 10.1. The van der Waals surface area contributed by atoms with Crippen LogP contribution in [-0.2, 0) is 0 Å². The van der Waals surface area contributed by atoms with Crippen molar-refractivity contribution in [1.29, 1.82) is 0 Å². The molecule has 3 N–H and O–H groups in total. The molecule has 106 valence electrons. The fourth-order valence-electron chi connectivity index (χ4n) is 1.99. The lowest BCUT2D eigenvalue weighted by Gasteiger charge is -2.19. The molecule has 0 spiro atoms. The molecular formula is C15H20N4O. The molecule has 0 aliphatic rings. The fraction of sp³-hybridized carbons (Fsp3) is 0.333. The van der Waals surface area contributed by atoms with E-state index >= 15 is 0 Å². The van der Waals surface area contributed by atoms with Crippen LogP contribution in [-0.4, -0.2) is 23.1 Å². The van der Waals surface area contributed by atoms with Crippen molar-refractivity contribution in [2.24, 2.45) is 5.73 Å². The normalized spacial score (nSPS) is 11.9. The SMILES string of the molecule is CCOc1ncnc(NC(CN)c2ccccc2)c1C. The lowest BCUT2D eigenvalue weighted by Crippen LogP contribution is -2.21. The Morgan fingerprint density at radius 3 is 2.65 bits per heavy atom. The molecule has 1 aromatic carbocycles. The van der Waals surface area contributed by atoms with E-state index in [0.29, 0.717) is 19.0 Å². The van der Waals surface area contributed by atoms with Gasteiger partial charge in [0.05, 0.1) is 18.2 Å². The summed E-state index contributed by atoms with van der Waals surface area (Å²) >= 11 is 0. The first kappa shape index (κ1) is 14.3. The van der Waals surface area contributed by atoms with Gasteiger partial charge in [-0.25, -0.2) is 9.97 Å². The number of ether oxygens (including phenoxy) is 1. The van der Waals surface area contributed by atoms with Gasteiger partial charge in [0.2, 0.25) is 5.88 Å². The number of nitrogens with two attached hydrogens (primary N) is 1. The van der Waals surface area contributed by atoms with Gasteiger partial charge in [-0.2, -0.15) is 0 Å². The summed E-state index contributed by atoms with van der Waals surface area (Å²) in [7, 11) is 0. The van der Waals surface area contributed by atoms with Crippen molar-refractivity contribution in [3.63, 3.8) is 0 Å². The zero-order chi connectivity index (χ0) is 14.4. The quantitative estimate of drug-likeness (QED) is 0.844. The third kappa shape index (κ3) is 3.24. The Morgan fingerprint density at radius 2 is 2.00 bits per heavy atom. The molecule has 1 heterocycles. The maximum atomic E-state index is 5.86. The molecule has 2 aromatic rings. The average molecular weight is 272 g/mol. The maximum Gasteiger partial charge on any atom is 0.221 e. The molecule has 0 saturated heterocycles. The van der Waals surface area contributed by atoms with E-state index in [1.54, 1.807) is 0 Å². The highest BCUT2D eigenvalue weighted by Gasteiger charge is 2.13. The van der Waals surface area contributed by atoms with Crippen molar-refractivity contribution in [2.75, 3.05) is 18.5 Å². The molecule has 0 saturated carbocycles. The van der Waals surface area contributed by atoms with E-state index in [1.807, 2.05) is 44.2 Å². The number of nitrogens with one attached hydrogen (secondary N) is 1. The molecule has 0 amide bonds. The number of anilines is 1. The van der Waals surface area contributed by atoms with E-state index in [-0.39, 0.29) is 6.04 Å². The fourth-order valence-corrected chi connectivity index (χ4v) is 1.99. The highest BCUT2D eigenvalue weighted by Crippen LogP contribution is 2.24. The van der Waals surface area contributed by atoms with Crippen molar-refractivity contribution >= 4 is 5.82 Å². The monoisotopic (exact) mass is 272 g/mol. The summed E-state index contributed by atoms with van der Waals surface area (Å²) in [4.78, 5) is 8.41. The predicted molar refractivity (Wildman–Crippen MR) is 79.8 cm³/mol. The first-order valence-electron chi connectivity index (χ1n) is 6.72. The van der Waals surface area contributed by atoms with Gasteiger partial charge in [0.15, 0.2) is 0 Å². The van der Waals surface area contributed by atoms with Crippen LogP contribution in [0.4, 0.5) is 5.82 Å². The highest BCUT2D eigenvalue weighted by molar-refractivity contribution is 5.49. The number of nitrogens with zero attached hydrogens (tertiary/aromatic N) is 2. The van der Waals surface area contributed by atoms with Crippen molar-refractivity contribution in [3.05, 3.63) is 47.8 Å². The van der Waals surface area contributed by atoms with Gasteiger partial charge < -0.3 is 15.8 Å². The van der Waals surface area contributed by atoms with Crippen LogP contribution in [0.1, 0.15) is 24.1 Å². The standard InChI is InChI=1S/C15H20N4O/c1-3-20-15-11(2)14(17-10-18-15)19-13(9-16)12-7-5-4-6-8-12/h4-8,10,13H,3,9,16H2,1-2H3,(H,17,18,19). The Bertz CT molecular complexity index is 545. The van der Waals surface area contributed by atoms with E-state index < -0.39 is 0 Å². The number of aromatic nitrogens is 2. The molecule has 1 atom stereocenters. The van der Waals surface area contributed by atoms with Crippen molar-refractivity contribution < 1.29 is 4.74 Å². The molecule has 20 heavy (non-hydrogen) atoms. The van der Waals surface area contributed by atoms with Crippen molar-refractivity contribution in [2.45, 2.75) is 19.9 Å². The molecule has 0 aliphatic heterocycles. The van der Waals surface area contributed by atoms with Crippen LogP contribution in [0.3, 0.4) is 0 Å². The molecule has 5 nitrogen and oxygen atoms in total. The van der Waals surface area contributed by atoms with Crippen LogP contribution in [0.15, 0.2) is 36.7 Å². The molecular weight excluding hydrogens is 252 g/mol. The summed E-state index contributed by atoms with van der Waals surface area (Å²) in [5, 5.41) is 3.36. The Balaban J connectivity index is 2.22. The first-order chi connectivity index (χ1) is 9.76. The zero-order valence-electron chi connectivity index (χ0n) is 11.8. The van der Waals surface area contributed by atoms with Gasteiger partial charge in [-0.05, 0) is 19.4 Å². The molecule has 2 rings (SSSR count). The van der Waals surface area contributed by atoms with Crippen LogP contribution >= 0.6 is 0 Å². The number of benzene rings is 1. The minimum atomic E-state index is 0.0132. The van der Waals surface area contributed by atoms with Gasteiger partial charge in [0.1, 0.15) is 12.1 Å². The van der Waals surface area contributed by atoms with E-state index in [2.05, 4.69) is 15.3 Å². The topological polar surface area (TPSA) is 73.1 Å². The largest absolute Gasteiger partial charge is 0.478 e. The second kappa shape index (κ2) is 6.86. The van der Waals surface area contributed by atoms with Crippen LogP contribution in [0.25, 0.3) is 0 Å². The van der Waals surface area contributed by atoms with Crippen LogP contribution in [0.2, 0.25) is 0 Å². The van der Waals surface area contributed by atoms with Gasteiger partial charge in [0.25, 0.3) is 0 Å². The maximum absolute atomic E-state index is 5.86. The second-order valence-electron chi connectivity index (χ2n) is 4.43. The molecule has 0 aliphatic carbocycles. The Kier molecular flexibility index (Phi) is 4.90. The number of rotatable bonds is 6. The summed E-state index contributed by atoms with van der Waals surface area (Å²) in [6.07, 6.45) is 1.50. The predicted octanol–water partition coefficient (Wildman–Crippen LogP) is 2.30. The van der Waals surface area contributed by atoms with Crippen LogP contribution < -0.4 is 15.8 Å². The van der Waals surface area contributed by atoms with Crippen LogP contribution in [0.5, 0.6) is 5.88 Å². The van der Waals surface area contributed by atoms with Gasteiger partial charge in [0, 0.05) is 6.54 Å². The average Bonchev–Trinajstić information content (AvgIpc) is 2.49. The molecule has 1 unspecified atom stereocenters. The zero-order valence-corrected chi connectivity index (χ0v) is 11.8. The molecule has 1 aromatic heterocycles. The van der Waals surface area contributed by atoms with E-state index in [9.17, 15) is 0 Å². The van der Waals surface area contributed by atoms with E-state index in [0.717, 1.165) is 16.9 Å². The lowest BCUT2D eigenvalue weighted by molar-refractivity contribution is 0.324. The third-order valence-electron chi connectivity index (χ3n) is 3.07. The number of hydrogen-bond donors (Lipinski definition) is 2. The summed E-state index contributed by atoms with van der Waals surface area (Å²) < 4.78 is 5.48. The molecule has 0 bridgehead atoms. The van der Waals surface area contributed by atoms with Gasteiger partial charge in [-0.3, -0.25) is 0 Å². The highest BCUT2D eigenvalue weighted by atomic mass is 16.5. The molecule has 0 fully saturated rings. The van der Waals surface area contributed by atoms with Crippen molar-refractivity contribution in [1.82, 2.24) is 9.97 Å².